The first-order valence-electron chi connectivity index (χ1n) is 8.64. The lowest BCUT2D eigenvalue weighted by molar-refractivity contribution is -0.178. The molecule has 160 valence electrons. The summed E-state index contributed by atoms with van der Waals surface area (Å²) in [6.07, 6.45) is -2.00. The highest BCUT2D eigenvalue weighted by Crippen LogP contribution is 2.39. The van der Waals surface area contributed by atoms with Gasteiger partial charge in [0, 0.05) is 10.3 Å². The first-order valence-corrected chi connectivity index (χ1v) is 11.2. The molecule has 8 nitrogen and oxygen atoms in total. The van der Waals surface area contributed by atoms with Crippen LogP contribution in [0.3, 0.4) is 0 Å². The van der Waals surface area contributed by atoms with E-state index in [0.717, 1.165) is 23.1 Å². The summed E-state index contributed by atoms with van der Waals surface area (Å²) in [4.78, 5) is 4.39. The third kappa shape index (κ3) is 4.34. The van der Waals surface area contributed by atoms with Crippen LogP contribution in [-0.2, 0) is 4.74 Å². The highest BCUT2D eigenvalue weighted by molar-refractivity contribution is 7.99. The zero-order chi connectivity index (χ0) is 21.4. The number of thiazole rings is 1. The quantitative estimate of drug-likeness (QED) is 0.497. The molecule has 3 heterocycles. The molecular weight excluding hydrogens is 478 g/mol. The maximum Gasteiger partial charge on any atom is 0.269 e. The maximum atomic E-state index is 13.2. The molecule has 0 saturated carbocycles. The minimum absolute atomic E-state index is 0.287. The first kappa shape index (κ1) is 21.9. The number of hydrogen-bond donors (Lipinski definition) is 3. The van der Waals surface area contributed by atoms with Crippen LogP contribution >= 0.6 is 46.3 Å². The Bertz CT molecular complexity index is 1040. The van der Waals surface area contributed by atoms with Crippen molar-refractivity contribution in [3.8, 4) is 11.4 Å². The van der Waals surface area contributed by atoms with Gasteiger partial charge in [0.25, 0.3) is 5.26 Å². The van der Waals surface area contributed by atoms with Crippen molar-refractivity contribution in [2.45, 2.75) is 34.7 Å². The predicted octanol–water partition coefficient (Wildman–Crippen LogP) is 2.62. The van der Waals surface area contributed by atoms with Gasteiger partial charge in [-0.25, -0.2) is 9.67 Å². The van der Waals surface area contributed by atoms with E-state index >= 15 is 0 Å². The standard InChI is InChI=1S/C17H15Cl2FN4O4S2/c18-8-2-1-7(3-9(8)19)30-16-15(27)13(14(26)12(5-25)28-16)24-4-10(22-23-24)11-6-29-17(20)21-11/h1-4,6,12-16,25-27H,5H2/t12-,13+,14+,15-,16-/m1/s1. The van der Waals surface area contributed by atoms with Crippen LogP contribution in [0, 0.1) is 5.26 Å². The third-order valence-electron chi connectivity index (χ3n) is 4.55. The van der Waals surface area contributed by atoms with Crippen molar-refractivity contribution < 1.29 is 24.4 Å². The average Bonchev–Trinajstić information content (AvgIpc) is 3.36. The topological polar surface area (TPSA) is 114 Å². The average molecular weight is 493 g/mol. The summed E-state index contributed by atoms with van der Waals surface area (Å²) in [5, 5.41) is 40.8. The number of hydrogen-bond acceptors (Lipinski definition) is 9. The fourth-order valence-corrected chi connectivity index (χ4v) is 5.07. The molecule has 0 unspecified atom stereocenters. The number of rotatable bonds is 5. The first-order chi connectivity index (χ1) is 14.4. The second kappa shape index (κ2) is 9.05. The van der Waals surface area contributed by atoms with Gasteiger partial charge in [0.2, 0.25) is 0 Å². The molecule has 1 saturated heterocycles. The summed E-state index contributed by atoms with van der Waals surface area (Å²) < 4.78 is 20.2. The minimum atomic E-state index is -1.27. The van der Waals surface area contributed by atoms with E-state index in [4.69, 9.17) is 27.9 Å². The van der Waals surface area contributed by atoms with Crippen LogP contribution in [0.4, 0.5) is 4.39 Å². The van der Waals surface area contributed by atoms with E-state index in [1.54, 1.807) is 18.2 Å². The molecule has 3 aromatic rings. The van der Waals surface area contributed by atoms with Gasteiger partial charge in [0.05, 0.1) is 22.8 Å². The largest absolute Gasteiger partial charge is 0.394 e. The Hall–Kier alpha value is -1.31. The van der Waals surface area contributed by atoms with Crippen LogP contribution < -0.4 is 0 Å². The van der Waals surface area contributed by atoms with E-state index in [1.807, 2.05) is 0 Å². The van der Waals surface area contributed by atoms with Crippen molar-refractivity contribution in [1.29, 1.82) is 0 Å². The van der Waals surface area contributed by atoms with Crippen LogP contribution in [0.5, 0.6) is 0 Å². The second-order valence-electron chi connectivity index (χ2n) is 6.46. The maximum absolute atomic E-state index is 13.2. The molecule has 0 amide bonds. The number of aliphatic hydroxyl groups is 3. The summed E-state index contributed by atoms with van der Waals surface area (Å²) >= 11 is 14.0. The van der Waals surface area contributed by atoms with Crippen LogP contribution in [-0.4, -0.2) is 65.7 Å². The van der Waals surface area contributed by atoms with E-state index in [0.29, 0.717) is 20.6 Å². The number of benzene rings is 1. The van der Waals surface area contributed by atoms with Crippen LogP contribution in [0.25, 0.3) is 11.4 Å². The van der Waals surface area contributed by atoms with E-state index in [2.05, 4.69) is 15.3 Å². The number of aliphatic hydroxyl groups excluding tert-OH is 3. The smallest absolute Gasteiger partial charge is 0.269 e. The molecule has 1 aliphatic heterocycles. The minimum Gasteiger partial charge on any atom is -0.394 e. The van der Waals surface area contributed by atoms with E-state index in [9.17, 15) is 19.7 Å². The molecule has 30 heavy (non-hydrogen) atoms. The van der Waals surface area contributed by atoms with Gasteiger partial charge < -0.3 is 20.1 Å². The Morgan fingerprint density at radius 3 is 2.67 bits per heavy atom. The Labute approximate surface area is 188 Å². The monoisotopic (exact) mass is 492 g/mol. The highest BCUT2D eigenvalue weighted by atomic mass is 35.5. The van der Waals surface area contributed by atoms with Crippen molar-refractivity contribution in [2.75, 3.05) is 6.61 Å². The third-order valence-corrected chi connectivity index (χ3v) is 7.06. The van der Waals surface area contributed by atoms with Gasteiger partial charge in [-0.05, 0) is 18.2 Å². The Morgan fingerprint density at radius 2 is 2.00 bits per heavy atom. The van der Waals surface area contributed by atoms with Gasteiger partial charge in [0.1, 0.15) is 41.2 Å². The zero-order valence-electron chi connectivity index (χ0n) is 15.0. The molecule has 0 radical (unpaired) electrons. The lowest BCUT2D eigenvalue weighted by Crippen LogP contribution is -2.55. The molecule has 1 fully saturated rings. The van der Waals surface area contributed by atoms with Crippen molar-refractivity contribution in [2.24, 2.45) is 0 Å². The predicted molar refractivity (Wildman–Crippen MR) is 110 cm³/mol. The molecule has 5 atom stereocenters. The number of nitrogens with zero attached hydrogens (tertiary/aromatic N) is 4. The van der Waals surface area contributed by atoms with Crippen LogP contribution in [0.2, 0.25) is 10.0 Å². The van der Waals surface area contributed by atoms with Gasteiger partial charge in [-0.1, -0.05) is 51.5 Å². The Morgan fingerprint density at radius 1 is 1.20 bits per heavy atom. The number of halogens is 3. The second-order valence-corrected chi connectivity index (χ2v) is 9.25. The molecule has 4 rings (SSSR count). The van der Waals surface area contributed by atoms with Crippen molar-refractivity contribution in [1.82, 2.24) is 20.0 Å². The lowest BCUT2D eigenvalue weighted by Gasteiger charge is -2.41. The van der Waals surface area contributed by atoms with Gasteiger partial charge in [-0.15, -0.1) is 5.10 Å². The molecule has 0 aliphatic carbocycles. The van der Waals surface area contributed by atoms with Crippen LogP contribution in [0.15, 0.2) is 34.7 Å². The summed E-state index contributed by atoms with van der Waals surface area (Å²) in [5.74, 6) is 0. The summed E-state index contributed by atoms with van der Waals surface area (Å²) in [5.41, 5.74) is -0.271. The van der Waals surface area contributed by atoms with Gasteiger partial charge in [-0.3, -0.25) is 0 Å². The SMILES string of the molecule is OC[C@H]1O[C@H](Sc2ccc(Cl)c(Cl)c2)[C@H](O)[C@@H](n2cc(-c3csc(F)n3)nn2)[C@H]1O. The Kier molecular flexibility index (Phi) is 6.61. The van der Waals surface area contributed by atoms with Gasteiger partial charge in [0.15, 0.2) is 0 Å². The number of ether oxygens (including phenoxy) is 1. The normalized spacial score (nSPS) is 26.8. The molecular formula is C17H15Cl2FN4O4S2. The number of thioether (sulfide) groups is 1. The fourth-order valence-electron chi connectivity index (χ4n) is 3.07. The van der Waals surface area contributed by atoms with Crippen LogP contribution in [0.1, 0.15) is 6.04 Å². The van der Waals surface area contributed by atoms with Crippen molar-refractivity contribution in [3.05, 3.63) is 45.1 Å². The molecule has 1 aromatic carbocycles. The molecule has 13 heteroatoms. The highest BCUT2D eigenvalue weighted by Gasteiger charge is 2.46. The molecule has 0 spiro atoms. The lowest BCUT2D eigenvalue weighted by atomic mass is 9.97. The molecule has 2 aromatic heterocycles. The summed E-state index contributed by atoms with van der Waals surface area (Å²) in [6, 6.07) is 3.99. The molecule has 3 N–H and O–H groups in total. The molecule has 1 aliphatic rings. The van der Waals surface area contributed by atoms with Crippen molar-refractivity contribution in [3.63, 3.8) is 0 Å². The van der Waals surface area contributed by atoms with E-state index < -0.39 is 41.7 Å². The van der Waals surface area contributed by atoms with Crippen molar-refractivity contribution >= 4 is 46.3 Å². The Balaban J connectivity index is 1.61. The van der Waals surface area contributed by atoms with E-state index in [1.165, 1.54) is 16.3 Å². The zero-order valence-corrected chi connectivity index (χ0v) is 18.1. The number of aromatic nitrogens is 4. The van der Waals surface area contributed by atoms with E-state index in [-0.39, 0.29) is 5.69 Å². The fraction of sp³-hybridized carbons (Fsp3) is 0.353. The van der Waals surface area contributed by atoms with Gasteiger partial charge >= 0.3 is 0 Å². The summed E-state index contributed by atoms with van der Waals surface area (Å²) in [7, 11) is 0. The molecule has 0 bridgehead atoms. The van der Waals surface area contributed by atoms with Gasteiger partial charge in [-0.2, -0.15) is 4.39 Å². The summed E-state index contributed by atoms with van der Waals surface area (Å²) in [6.45, 7) is -0.471.